The summed E-state index contributed by atoms with van der Waals surface area (Å²) in [5.74, 6) is 0. The quantitative estimate of drug-likeness (QED) is 0.431. The summed E-state index contributed by atoms with van der Waals surface area (Å²) in [4.78, 5) is 10.5. The molecule has 0 aliphatic heterocycles. The molecule has 0 saturated heterocycles. The number of unbranched alkanes of at least 4 members (excludes halogenated alkanes) is 3. The van der Waals surface area contributed by atoms with E-state index in [1.807, 2.05) is 0 Å². The largest absolute Gasteiger partial charge is 0.385 e. The van der Waals surface area contributed by atoms with Crippen LogP contribution in [0.15, 0.2) is 16.8 Å². The Labute approximate surface area is 121 Å². The molecule has 8 nitrogen and oxygen atoms in total. The van der Waals surface area contributed by atoms with Gasteiger partial charge in [-0.15, -0.1) is 0 Å². The molecular weight excluding hydrogens is 276 g/mol. The van der Waals surface area contributed by atoms with Gasteiger partial charge in [-0.1, -0.05) is 12.8 Å². The van der Waals surface area contributed by atoms with E-state index in [0.717, 1.165) is 38.8 Å². The first kappa shape index (κ1) is 15.2. The van der Waals surface area contributed by atoms with Gasteiger partial charge in [-0.2, -0.15) is 0 Å². The van der Waals surface area contributed by atoms with E-state index in [9.17, 15) is 10.1 Å². The van der Waals surface area contributed by atoms with Crippen LogP contribution >= 0.6 is 0 Å². The molecule has 1 heterocycles. The number of methoxy groups -OCH3 is 1. The summed E-state index contributed by atoms with van der Waals surface area (Å²) in [5, 5.41) is 21.4. The van der Waals surface area contributed by atoms with Crippen LogP contribution in [0.25, 0.3) is 11.0 Å². The van der Waals surface area contributed by atoms with Crippen molar-refractivity contribution in [2.75, 3.05) is 25.6 Å². The molecule has 0 aliphatic carbocycles. The molecule has 2 aromatic rings. The Kier molecular flexibility index (Phi) is 5.44. The fourth-order valence-corrected chi connectivity index (χ4v) is 2.07. The summed E-state index contributed by atoms with van der Waals surface area (Å²) < 4.78 is 9.53. The SMILES string of the molecule is COCCCCCCNc1cc([N+](=O)[O-])c2nonc2c1. The molecule has 0 atom stereocenters. The predicted molar refractivity (Wildman–Crippen MR) is 77.3 cm³/mol. The summed E-state index contributed by atoms with van der Waals surface area (Å²) in [6.45, 7) is 1.54. The molecule has 0 unspecified atom stereocenters. The summed E-state index contributed by atoms with van der Waals surface area (Å²) in [6, 6.07) is 3.15. The third-order valence-electron chi connectivity index (χ3n) is 3.14. The Bertz CT molecular complexity index is 599. The number of rotatable bonds is 9. The Balaban J connectivity index is 1.89. The Morgan fingerprint density at radius 2 is 2.10 bits per heavy atom. The molecule has 0 bridgehead atoms. The number of nitro benzene ring substituents is 1. The average molecular weight is 294 g/mol. The van der Waals surface area contributed by atoms with Crippen molar-refractivity contribution < 1.29 is 14.3 Å². The summed E-state index contributed by atoms with van der Waals surface area (Å²) in [7, 11) is 1.70. The van der Waals surface area contributed by atoms with Gasteiger partial charge in [-0.25, -0.2) is 4.63 Å². The number of nitrogens with zero attached hydrogens (tertiary/aromatic N) is 3. The number of nitro groups is 1. The lowest BCUT2D eigenvalue weighted by atomic mass is 10.2. The minimum absolute atomic E-state index is 0.101. The van der Waals surface area contributed by atoms with Gasteiger partial charge in [-0.3, -0.25) is 10.1 Å². The van der Waals surface area contributed by atoms with Crippen molar-refractivity contribution in [3.05, 3.63) is 22.2 Å². The molecule has 21 heavy (non-hydrogen) atoms. The van der Waals surface area contributed by atoms with Crippen molar-refractivity contribution in [1.29, 1.82) is 0 Å². The van der Waals surface area contributed by atoms with Gasteiger partial charge in [0.15, 0.2) is 0 Å². The van der Waals surface area contributed by atoms with Crippen molar-refractivity contribution in [2.24, 2.45) is 0 Å². The van der Waals surface area contributed by atoms with E-state index in [1.165, 1.54) is 6.07 Å². The van der Waals surface area contributed by atoms with Crippen LogP contribution in [-0.4, -0.2) is 35.5 Å². The van der Waals surface area contributed by atoms with E-state index < -0.39 is 4.92 Å². The fraction of sp³-hybridized carbons (Fsp3) is 0.538. The molecule has 0 spiro atoms. The number of hydrogen-bond acceptors (Lipinski definition) is 7. The van der Waals surface area contributed by atoms with E-state index >= 15 is 0 Å². The zero-order valence-electron chi connectivity index (χ0n) is 11.9. The Morgan fingerprint density at radius 3 is 2.86 bits per heavy atom. The number of aromatic nitrogens is 2. The molecule has 1 aromatic heterocycles. The Hall–Kier alpha value is -2.22. The van der Waals surface area contributed by atoms with Crippen molar-refractivity contribution in [3.63, 3.8) is 0 Å². The van der Waals surface area contributed by atoms with Crippen LogP contribution in [0, 0.1) is 10.1 Å². The molecular formula is C13H18N4O4. The minimum atomic E-state index is -0.484. The lowest BCUT2D eigenvalue weighted by Crippen LogP contribution is -2.02. The van der Waals surface area contributed by atoms with Crippen LogP contribution in [0.5, 0.6) is 0 Å². The second-order valence-electron chi connectivity index (χ2n) is 4.72. The number of fused-ring (bicyclic) bond motifs is 1. The van der Waals surface area contributed by atoms with Crippen LogP contribution in [0.3, 0.4) is 0 Å². The summed E-state index contributed by atoms with van der Waals surface area (Å²) in [6.07, 6.45) is 4.25. The van der Waals surface area contributed by atoms with Gasteiger partial charge in [0.2, 0.25) is 5.52 Å². The van der Waals surface area contributed by atoms with E-state index in [0.29, 0.717) is 11.2 Å². The summed E-state index contributed by atoms with van der Waals surface area (Å²) in [5.41, 5.74) is 1.11. The number of benzene rings is 1. The minimum Gasteiger partial charge on any atom is -0.385 e. The third kappa shape index (κ3) is 4.12. The standard InChI is InChI=1S/C13H18N4O4/c1-20-7-5-3-2-4-6-14-10-8-11-13(16-21-15-11)12(9-10)17(18)19/h8-9,14H,2-7H2,1H3. The highest BCUT2D eigenvalue weighted by Gasteiger charge is 2.18. The van der Waals surface area contributed by atoms with E-state index in [4.69, 9.17) is 4.74 Å². The first-order valence-electron chi connectivity index (χ1n) is 6.86. The van der Waals surface area contributed by atoms with Crippen molar-refractivity contribution in [2.45, 2.75) is 25.7 Å². The normalized spacial score (nSPS) is 10.9. The van der Waals surface area contributed by atoms with Gasteiger partial charge in [-0.05, 0) is 29.2 Å². The van der Waals surface area contributed by atoms with Gasteiger partial charge in [0.1, 0.15) is 5.52 Å². The zero-order valence-corrected chi connectivity index (χ0v) is 11.9. The monoisotopic (exact) mass is 294 g/mol. The zero-order chi connectivity index (χ0) is 15.1. The van der Waals surface area contributed by atoms with Crippen molar-refractivity contribution in [1.82, 2.24) is 10.3 Å². The summed E-state index contributed by atoms with van der Waals surface area (Å²) >= 11 is 0. The van der Waals surface area contributed by atoms with E-state index in [2.05, 4.69) is 20.3 Å². The molecule has 0 fully saturated rings. The van der Waals surface area contributed by atoms with E-state index in [1.54, 1.807) is 13.2 Å². The molecule has 0 aliphatic rings. The lowest BCUT2D eigenvalue weighted by molar-refractivity contribution is -0.383. The van der Waals surface area contributed by atoms with Crippen LogP contribution < -0.4 is 5.32 Å². The molecule has 114 valence electrons. The second kappa shape index (κ2) is 7.53. The highest BCUT2D eigenvalue weighted by molar-refractivity contribution is 5.87. The van der Waals surface area contributed by atoms with Crippen LogP contribution in [-0.2, 0) is 4.74 Å². The smallest absolute Gasteiger partial charge is 0.302 e. The number of nitrogens with one attached hydrogen (secondary N) is 1. The third-order valence-corrected chi connectivity index (χ3v) is 3.14. The maximum atomic E-state index is 11.0. The Morgan fingerprint density at radius 1 is 1.29 bits per heavy atom. The molecule has 1 N–H and O–H groups in total. The topological polar surface area (TPSA) is 103 Å². The van der Waals surface area contributed by atoms with Gasteiger partial charge in [0.25, 0.3) is 0 Å². The predicted octanol–water partition coefficient (Wildman–Crippen LogP) is 2.75. The van der Waals surface area contributed by atoms with Crippen LogP contribution in [0.2, 0.25) is 0 Å². The highest BCUT2D eigenvalue weighted by atomic mass is 16.6. The van der Waals surface area contributed by atoms with Gasteiger partial charge in [0, 0.05) is 32.0 Å². The van der Waals surface area contributed by atoms with Gasteiger partial charge in [0.05, 0.1) is 4.92 Å². The number of anilines is 1. The van der Waals surface area contributed by atoms with Crippen LogP contribution in [0.1, 0.15) is 25.7 Å². The van der Waals surface area contributed by atoms with Crippen molar-refractivity contribution >= 4 is 22.4 Å². The maximum absolute atomic E-state index is 11.0. The van der Waals surface area contributed by atoms with Gasteiger partial charge < -0.3 is 10.1 Å². The molecule has 2 rings (SSSR count). The second-order valence-corrected chi connectivity index (χ2v) is 4.72. The molecule has 8 heteroatoms. The fourth-order valence-electron chi connectivity index (χ4n) is 2.07. The number of hydrogen-bond donors (Lipinski definition) is 1. The first-order valence-corrected chi connectivity index (χ1v) is 6.86. The molecule has 0 amide bonds. The lowest BCUT2D eigenvalue weighted by Gasteiger charge is -2.06. The van der Waals surface area contributed by atoms with Crippen LogP contribution in [0.4, 0.5) is 11.4 Å². The number of ether oxygens (including phenoxy) is 1. The molecule has 0 radical (unpaired) electrons. The molecule has 1 aromatic carbocycles. The van der Waals surface area contributed by atoms with Crippen molar-refractivity contribution in [3.8, 4) is 0 Å². The molecule has 0 saturated carbocycles. The maximum Gasteiger partial charge on any atom is 0.302 e. The van der Waals surface area contributed by atoms with E-state index in [-0.39, 0.29) is 11.2 Å². The highest BCUT2D eigenvalue weighted by Crippen LogP contribution is 2.27. The average Bonchev–Trinajstić information content (AvgIpc) is 2.93. The van der Waals surface area contributed by atoms with Gasteiger partial charge >= 0.3 is 5.69 Å². The first-order chi connectivity index (χ1) is 10.2. The number of non-ortho nitro benzene ring substituents is 1.